The lowest BCUT2D eigenvalue weighted by atomic mass is 10.1. The maximum absolute atomic E-state index is 13.0. The Morgan fingerprint density at radius 2 is 1.50 bits per heavy atom. The molecule has 0 aromatic heterocycles. The average Bonchev–Trinajstić information content (AvgIpc) is 2.75. The van der Waals surface area contributed by atoms with Crippen molar-refractivity contribution in [2.45, 2.75) is 6.18 Å². The highest BCUT2D eigenvalue weighted by atomic mass is 19.4. The highest BCUT2D eigenvalue weighted by Gasteiger charge is 2.30. The molecule has 0 spiro atoms. The van der Waals surface area contributed by atoms with Crippen LogP contribution in [0.5, 0.6) is 0 Å². The molecule has 0 radical (unpaired) electrons. The minimum atomic E-state index is -4.47. The predicted molar refractivity (Wildman–Crippen MR) is 116 cm³/mol. The molecule has 0 atom stereocenters. The third kappa shape index (κ3) is 6.08. The zero-order chi connectivity index (χ0) is 23.1. The van der Waals surface area contributed by atoms with E-state index in [1.54, 1.807) is 48.5 Å². The molecule has 3 rings (SSSR count). The van der Waals surface area contributed by atoms with Crippen LogP contribution in [-0.4, -0.2) is 25.5 Å². The van der Waals surface area contributed by atoms with E-state index >= 15 is 0 Å². The third-order valence-corrected chi connectivity index (χ3v) is 4.34. The second-order valence-electron chi connectivity index (χ2n) is 6.76. The average molecular weight is 443 g/mol. The maximum atomic E-state index is 13.0. The molecule has 0 aliphatic rings. The molecule has 0 heterocycles. The Labute approximate surface area is 182 Å². The number of ether oxygens (including phenoxy) is 1. The van der Waals surface area contributed by atoms with Gasteiger partial charge in [-0.15, -0.1) is 0 Å². The van der Waals surface area contributed by atoms with Crippen LogP contribution in [0, 0.1) is 0 Å². The summed E-state index contributed by atoms with van der Waals surface area (Å²) < 4.78 is 43.7. The summed E-state index contributed by atoms with van der Waals surface area (Å²) in [6, 6.07) is 17.7. The smallest absolute Gasteiger partial charge is 0.375 e. The van der Waals surface area contributed by atoms with Gasteiger partial charge in [-0.2, -0.15) is 13.2 Å². The van der Waals surface area contributed by atoms with Gasteiger partial charge in [0.25, 0.3) is 5.91 Å². The Hall–Kier alpha value is -3.85. The molecule has 2 amide bonds. The number of hydrogen-bond donors (Lipinski definition) is 3. The van der Waals surface area contributed by atoms with E-state index in [0.29, 0.717) is 17.1 Å². The van der Waals surface area contributed by atoms with Crippen molar-refractivity contribution in [3.05, 3.63) is 83.9 Å². The molecule has 0 fully saturated rings. The first-order valence-corrected chi connectivity index (χ1v) is 9.50. The predicted octanol–water partition coefficient (Wildman–Crippen LogP) is 5.29. The van der Waals surface area contributed by atoms with Crippen molar-refractivity contribution < 1.29 is 27.5 Å². The SMILES string of the molecule is COCC(=O)Nc1ccc(NC(=O)c2ccccc2Nc2cccc(C(F)(F)F)c2)cc1. The zero-order valence-electron chi connectivity index (χ0n) is 17.0. The Bertz CT molecular complexity index is 1100. The molecule has 0 aliphatic carbocycles. The van der Waals surface area contributed by atoms with Gasteiger partial charge in [-0.3, -0.25) is 9.59 Å². The molecule has 3 N–H and O–H groups in total. The molecule has 6 nitrogen and oxygen atoms in total. The normalized spacial score (nSPS) is 11.0. The van der Waals surface area contributed by atoms with Crippen LogP contribution in [0.2, 0.25) is 0 Å². The lowest BCUT2D eigenvalue weighted by Crippen LogP contribution is -2.17. The summed E-state index contributed by atoms with van der Waals surface area (Å²) in [4.78, 5) is 24.3. The van der Waals surface area contributed by atoms with Crippen molar-refractivity contribution in [3.63, 3.8) is 0 Å². The molecular weight excluding hydrogens is 423 g/mol. The lowest BCUT2D eigenvalue weighted by molar-refractivity contribution is -0.137. The van der Waals surface area contributed by atoms with E-state index in [0.717, 1.165) is 12.1 Å². The number of halogens is 3. The summed E-state index contributed by atoms with van der Waals surface area (Å²) in [5.41, 5.74) is 1.04. The molecular formula is C23H20F3N3O3. The van der Waals surface area contributed by atoms with Crippen LogP contribution >= 0.6 is 0 Å². The van der Waals surface area contributed by atoms with Gasteiger partial charge >= 0.3 is 6.18 Å². The summed E-state index contributed by atoms with van der Waals surface area (Å²) in [5.74, 6) is -0.755. The fraction of sp³-hybridized carbons (Fsp3) is 0.130. The number of para-hydroxylation sites is 1. The Kier molecular flexibility index (Phi) is 7.11. The first-order chi connectivity index (χ1) is 15.3. The number of methoxy groups -OCH3 is 1. The molecule has 32 heavy (non-hydrogen) atoms. The molecule has 0 bridgehead atoms. The highest BCUT2D eigenvalue weighted by Crippen LogP contribution is 2.32. The van der Waals surface area contributed by atoms with Crippen molar-refractivity contribution in [3.8, 4) is 0 Å². The number of carbonyl (C=O) groups is 2. The fourth-order valence-corrected chi connectivity index (χ4v) is 2.88. The maximum Gasteiger partial charge on any atom is 0.416 e. The van der Waals surface area contributed by atoms with Crippen LogP contribution in [0.15, 0.2) is 72.8 Å². The number of nitrogens with one attached hydrogen (secondary N) is 3. The van der Waals surface area contributed by atoms with Crippen LogP contribution in [0.25, 0.3) is 0 Å². The van der Waals surface area contributed by atoms with E-state index in [4.69, 9.17) is 4.74 Å². The van der Waals surface area contributed by atoms with E-state index in [-0.39, 0.29) is 23.8 Å². The second kappa shape index (κ2) is 9.97. The van der Waals surface area contributed by atoms with Crippen LogP contribution in [0.4, 0.5) is 35.9 Å². The monoisotopic (exact) mass is 443 g/mol. The van der Waals surface area contributed by atoms with Gasteiger partial charge in [0.15, 0.2) is 0 Å². The molecule has 0 aliphatic heterocycles. The summed E-state index contributed by atoms with van der Waals surface area (Å²) in [6.07, 6.45) is -4.47. The van der Waals surface area contributed by atoms with E-state index in [2.05, 4.69) is 16.0 Å². The van der Waals surface area contributed by atoms with E-state index in [1.165, 1.54) is 19.2 Å². The van der Waals surface area contributed by atoms with Crippen LogP contribution in [0.3, 0.4) is 0 Å². The molecule has 9 heteroatoms. The molecule has 0 unspecified atom stereocenters. The van der Waals surface area contributed by atoms with Crippen molar-refractivity contribution in [1.29, 1.82) is 0 Å². The minimum Gasteiger partial charge on any atom is -0.375 e. The van der Waals surface area contributed by atoms with Crippen molar-refractivity contribution in [1.82, 2.24) is 0 Å². The van der Waals surface area contributed by atoms with E-state index in [9.17, 15) is 22.8 Å². The number of amides is 2. The van der Waals surface area contributed by atoms with Gasteiger partial charge in [-0.05, 0) is 54.6 Å². The Balaban J connectivity index is 1.73. The standard InChI is InChI=1S/C23H20F3N3O3/c1-32-14-21(30)28-16-9-11-17(12-10-16)29-22(31)19-7-2-3-8-20(19)27-18-6-4-5-15(13-18)23(24,25)26/h2-13,27H,14H2,1H3,(H,28,30)(H,29,31). The van der Waals surface area contributed by atoms with Crippen LogP contribution < -0.4 is 16.0 Å². The number of hydrogen-bond acceptors (Lipinski definition) is 4. The fourth-order valence-electron chi connectivity index (χ4n) is 2.88. The van der Waals surface area contributed by atoms with Gasteiger partial charge in [-0.25, -0.2) is 0 Å². The minimum absolute atomic E-state index is 0.0752. The number of carbonyl (C=O) groups excluding carboxylic acids is 2. The van der Waals surface area contributed by atoms with Gasteiger partial charge in [-0.1, -0.05) is 18.2 Å². The summed E-state index contributed by atoms with van der Waals surface area (Å²) in [7, 11) is 1.41. The zero-order valence-corrected chi connectivity index (χ0v) is 17.0. The largest absolute Gasteiger partial charge is 0.416 e. The van der Waals surface area contributed by atoms with Gasteiger partial charge in [0, 0.05) is 24.2 Å². The molecule has 0 saturated carbocycles. The highest BCUT2D eigenvalue weighted by molar-refractivity contribution is 6.08. The molecule has 166 valence electrons. The second-order valence-corrected chi connectivity index (χ2v) is 6.76. The number of alkyl halides is 3. The van der Waals surface area contributed by atoms with Gasteiger partial charge in [0.05, 0.1) is 16.8 Å². The topological polar surface area (TPSA) is 79.5 Å². The molecule has 0 saturated heterocycles. The van der Waals surface area contributed by atoms with Gasteiger partial charge in [0.2, 0.25) is 5.91 Å². The summed E-state index contributed by atoms with van der Waals surface area (Å²) >= 11 is 0. The van der Waals surface area contributed by atoms with E-state index in [1.807, 2.05) is 0 Å². The lowest BCUT2D eigenvalue weighted by Gasteiger charge is -2.14. The van der Waals surface area contributed by atoms with E-state index < -0.39 is 17.6 Å². The van der Waals surface area contributed by atoms with Gasteiger partial charge < -0.3 is 20.7 Å². The van der Waals surface area contributed by atoms with Crippen LogP contribution in [-0.2, 0) is 15.7 Å². The number of rotatable bonds is 7. The Morgan fingerprint density at radius 3 is 2.16 bits per heavy atom. The molecule has 3 aromatic rings. The third-order valence-electron chi connectivity index (χ3n) is 4.34. The number of benzene rings is 3. The van der Waals surface area contributed by atoms with Crippen molar-refractivity contribution in [2.24, 2.45) is 0 Å². The first kappa shape index (κ1) is 22.8. The number of anilines is 4. The van der Waals surface area contributed by atoms with Crippen molar-refractivity contribution >= 4 is 34.6 Å². The quantitative estimate of drug-likeness (QED) is 0.464. The molecule has 3 aromatic carbocycles. The summed E-state index contributed by atoms with van der Waals surface area (Å²) in [5, 5.41) is 8.24. The summed E-state index contributed by atoms with van der Waals surface area (Å²) in [6.45, 7) is -0.0752. The van der Waals surface area contributed by atoms with Crippen molar-refractivity contribution in [2.75, 3.05) is 29.7 Å². The first-order valence-electron chi connectivity index (χ1n) is 9.50. The van der Waals surface area contributed by atoms with Gasteiger partial charge in [0.1, 0.15) is 6.61 Å². The van der Waals surface area contributed by atoms with Crippen LogP contribution in [0.1, 0.15) is 15.9 Å². The Morgan fingerprint density at radius 1 is 0.844 bits per heavy atom.